The van der Waals surface area contributed by atoms with Gasteiger partial charge in [0.1, 0.15) is 54.9 Å². The van der Waals surface area contributed by atoms with Crippen molar-refractivity contribution in [3.63, 3.8) is 0 Å². The van der Waals surface area contributed by atoms with Crippen LogP contribution in [0.4, 0.5) is 0 Å². The Hall–Kier alpha value is -1.41. The predicted molar refractivity (Wildman–Crippen MR) is 218 cm³/mol. The van der Waals surface area contributed by atoms with Crippen LogP contribution in [0.1, 0.15) is 41.5 Å². The van der Waals surface area contributed by atoms with Crippen molar-refractivity contribution in [2.75, 3.05) is 75.7 Å². The van der Waals surface area contributed by atoms with Crippen molar-refractivity contribution in [3.05, 3.63) is 10.4 Å². The van der Waals surface area contributed by atoms with E-state index < -0.39 is 117 Å². The van der Waals surface area contributed by atoms with E-state index in [1.165, 1.54) is 7.11 Å². The first-order chi connectivity index (χ1) is 30.3. The number of aliphatic hydroxyl groups excluding tert-OH is 2. The Morgan fingerprint density at radius 1 is 0.524 bits per heavy atom. The maximum atomic E-state index is 10.7. The zero-order valence-corrected chi connectivity index (χ0v) is 38.7. The van der Waals surface area contributed by atoms with Gasteiger partial charge in [0.2, 0.25) is 0 Å². The van der Waals surface area contributed by atoms with Gasteiger partial charge in [0.25, 0.3) is 0 Å². The molecule has 2 N–H and O–H groups in total. The number of rotatable bonds is 19. The Balaban J connectivity index is 1.16. The monoisotopic (exact) mass is 907 g/mol. The van der Waals surface area contributed by atoms with Crippen LogP contribution in [0.15, 0.2) is 5.11 Å². The Bertz CT molecular complexity index is 1450. The van der Waals surface area contributed by atoms with Gasteiger partial charge in [-0.1, -0.05) is 46.7 Å². The zero-order chi connectivity index (χ0) is 45.7. The standard InChI is InChI=1S/C42H73N3O18/c1-18-20(3)38(55-24(13-46)30(18)47)60-32-22(5)34(51-10)41(58-26(32)15-49-8)62-31-19(2)21(4)39(56-25(31)14-48-7)61-33-23(6)35(52-11)42(59-27(33)16-50-9)63-36-28-17-54-40(57-28)29(44-45-43)37(36)53-12/h18-42,46-47H,13-17H2,1-12H3/t18-,19?,20?,21?,22+,23?,24?,25+,26?,27+,28?,29?,30+,31+,32+,33+,34?,35?,36+,37+,38+,39-,40-,41+,42+/m1/s1. The number of aliphatic hydroxyl groups is 2. The molecule has 0 radical (unpaired) electrons. The number of fused-ring (bicyclic) bond motifs is 2. The molecule has 0 spiro atoms. The molecule has 10 unspecified atom stereocenters. The van der Waals surface area contributed by atoms with Gasteiger partial charge in [-0.2, -0.15) is 0 Å². The Kier molecular flexibility index (Phi) is 18.7. The summed E-state index contributed by atoms with van der Waals surface area (Å²) in [4.78, 5) is 2.99. The second-order valence-corrected chi connectivity index (χ2v) is 17.9. The van der Waals surface area contributed by atoms with Crippen LogP contribution in [0.5, 0.6) is 0 Å². The molecular weight excluding hydrogens is 834 g/mol. The summed E-state index contributed by atoms with van der Waals surface area (Å²) in [5.74, 6) is -1.24. The van der Waals surface area contributed by atoms with Crippen molar-refractivity contribution in [2.45, 2.75) is 158 Å². The molecule has 0 aromatic carbocycles. The highest BCUT2D eigenvalue weighted by molar-refractivity contribution is 5.01. The van der Waals surface area contributed by atoms with Gasteiger partial charge >= 0.3 is 0 Å². The minimum absolute atomic E-state index is 0.135. The van der Waals surface area contributed by atoms with Gasteiger partial charge in [0.15, 0.2) is 31.5 Å². The molecule has 21 heteroatoms. The van der Waals surface area contributed by atoms with Gasteiger partial charge in [-0.25, -0.2) is 0 Å². The summed E-state index contributed by atoms with van der Waals surface area (Å²) < 4.78 is 99.9. The SMILES string of the molecule is COCC1O[C@@H](O[C@H]2C(C)C(C)[C@@H](O[C@H]3C(C)C(OC)[C@H](O[C@H]4C5CO[C@H](O5)C(N=[N+]=[N-])[C@@H]4OC)O[C@H]3COC)O[C@H]2COC)C(OC)[C@@H](C)[C@@H]1O[C@@H]1OC(CO)[C@@H](O)[C@H](C)C1C. The van der Waals surface area contributed by atoms with Crippen molar-refractivity contribution in [1.29, 1.82) is 0 Å². The maximum Gasteiger partial charge on any atom is 0.185 e. The number of nitrogens with zero attached hydrogens (tertiary/aromatic N) is 3. The van der Waals surface area contributed by atoms with Crippen molar-refractivity contribution in [2.24, 2.45) is 40.6 Å². The van der Waals surface area contributed by atoms with Crippen LogP contribution in [-0.2, 0) is 75.8 Å². The van der Waals surface area contributed by atoms with Gasteiger partial charge in [-0.05, 0) is 17.4 Å². The van der Waals surface area contributed by atoms with E-state index in [0.717, 1.165) is 0 Å². The molecule has 63 heavy (non-hydrogen) atoms. The quantitative estimate of drug-likeness (QED) is 0.107. The highest BCUT2D eigenvalue weighted by Gasteiger charge is 2.57. The predicted octanol–water partition coefficient (Wildman–Crippen LogP) is 2.01. The molecule has 6 fully saturated rings. The second kappa shape index (κ2) is 23.1. The first-order valence-corrected chi connectivity index (χ1v) is 22.2. The summed E-state index contributed by atoms with van der Waals surface area (Å²) >= 11 is 0. The van der Waals surface area contributed by atoms with E-state index in [-0.39, 0.29) is 68.5 Å². The first kappa shape index (κ1) is 51.0. The van der Waals surface area contributed by atoms with E-state index >= 15 is 0 Å². The van der Waals surface area contributed by atoms with Crippen molar-refractivity contribution >= 4 is 0 Å². The van der Waals surface area contributed by atoms with Crippen LogP contribution in [-0.4, -0.2) is 203 Å². The van der Waals surface area contributed by atoms with Gasteiger partial charge < -0.3 is 86.0 Å². The van der Waals surface area contributed by atoms with Crippen LogP contribution in [0.2, 0.25) is 0 Å². The molecule has 6 aliphatic rings. The number of ether oxygens (including phenoxy) is 16. The lowest BCUT2D eigenvalue weighted by molar-refractivity contribution is -0.376. The molecule has 0 saturated carbocycles. The molecule has 0 aromatic heterocycles. The molecule has 0 amide bonds. The number of methoxy groups -OCH3 is 6. The largest absolute Gasteiger partial charge is 0.394 e. The van der Waals surface area contributed by atoms with Gasteiger partial charge in [-0.15, -0.1) is 0 Å². The number of hydrogen-bond acceptors (Lipinski definition) is 19. The van der Waals surface area contributed by atoms with Gasteiger partial charge in [0, 0.05) is 71.2 Å². The minimum Gasteiger partial charge on any atom is -0.394 e. The van der Waals surface area contributed by atoms with E-state index in [4.69, 9.17) is 75.8 Å². The third-order valence-corrected chi connectivity index (χ3v) is 14.3. The zero-order valence-electron chi connectivity index (χ0n) is 38.7. The van der Waals surface area contributed by atoms with E-state index in [9.17, 15) is 15.7 Å². The average Bonchev–Trinajstić information content (AvgIpc) is 3.71. The van der Waals surface area contributed by atoms with Gasteiger partial charge in [-0.3, -0.25) is 0 Å². The molecule has 21 nitrogen and oxygen atoms in total. The molecule has 364 valence electrons. The molecule has 6 heterocycles. The Morgan fingerprint density at radius 3 is 1.41 bits per heavy atom. The van der Waals surface area contributed by atoms with Crippen molar-refractivity contribution in [3.8, 4) is 0 Å². The fraction of sp³-hybridized carbons (Fsp3) is 1.00. The van der Waals surface area contributed by atoms with Crippen LogP contribution < -0.4 is 0 Å². The average molecular weight is 908 g/mol. The summed E-state index contributed by atoms with van der Waals surface area (Å²) in [6.07, 6.45) is -11.9. The second-order valence-electron chi connectivity index (χ2n) is 17.9. The third-order valence-electron chi connectivity index (χ3n) is 14.3. The summed E-state index contributed by atoms with van der Waals surface area (Å²) in [5, 5.41) is 24.5. The lowest BCUT2D eigenvalue weighted by Crippen LogP contribution is -2.63. The summed E-state index contributed by atoms with van der Waals surface area (Å²) in [6.45, 7) is 12.5. The van der Waals surface area contributed by atoms with Gasteiger partial charge in [0.05, 0.1) is 63.6 Å². The normalized spacial score (nSPS) is 49.1. The molecule has 6 rings (SSSR count). The van der Waals surface area contributed by atoms with E-state index in [1.807, 2.05) is 27.7 Å². The summed E-state index contributed by atoms with van der Waals surface area (Å²) in [6, 6.07) is -0.769. The lowest BCUT2D eigenvalue weighted by Gasteiger charge is -2.52. The maximum absolute atomic E-state index is 10.7. The van der Waals surface area contributed by atoms with E-state index in [2.05, 4.69) is 23.9 Å². The summed E-state index contributed by atoms with van der Waals surface area (Å²) in [5.41, 5.74) is 9.27. The highest BCUT2D eigenvalue weighted by atomic mass is 16.8. The molecule has 6 saturated heterocycles. The van der Waals surface area contributed by atoms with Crippen molar-refractivity contribution in [1.82, 2.24) is 0 Å². The molecule has 6 aliphatic heterocycles. The third kappa shape index (κ3) is 10.7. The minimum atomic E-state index is -0.895. The molecule has 25 atom stereocenters. The first-order valence-electron chi connectivity index (χ1n) is 22.2. The Morgan fingerprint density at radius 2 is 0.952 bits per heavy atom. The highest BCUT2D eigenvalue weighted by Crippen LogP contribution is 2.43. The van der Waals surface area contributed by atoms with Crippen molar-refractivity contribution < 1.29 is 86.0 Å². The van der Waals surface area contributed by atoms with Crippen LogP contribution in [0.25, 0.3) is 10.4 Å². The molecule has 0 aliphatic carbocycles. The molecule has 2 bridgehead atoms. The van der Waals surface area contributed by atoms with Crippen LogP contribution in [0.3, 0.4) is 0 Å². The topological polar surface area (TPSA) is 237 Å². The van der Waals surface area contributed by atoms with E-state index in [1.54, 1.807) is 35.5 Å². The van der Waals surface area contributed by atoms with Crippen LogP contribution in [0, 0.1) is 35.5 Å². The number of azide groups is 1. The summed E-state index contributed by atoms with van der Waals surface area (Å²) in [7, 11) is 9.52. The molecular formula is C42H73N3O18. The fourth-order valence-corrected chi connectivity index (χ4v) is 10.2. The lowest BCUT2D eigenvalue weighted by atomic mass is 9.83. The number of hydrogen-bond donors (Lipinski definition) is 2. The van der Waals surface area contributed by atoms with E-state index in [0.29, 0.717) is 0 Å². The fourth-order valence-electron chi connectivity index (χ4n) is 10.2. The Labute approximate surface area is 370 Å². The molecule has 0 aromatic rings. The smallest absolute Gasteiger partial charge is 0.185 e. The van der Waals surface area contributed by atoms with Crippen LogP contribution >= 0.6 is 0 Å².